The van der Waals surface area contributed by atoms with Gasteiger partial charge in [0.05, 0.1) is 23.4 Å². The third-order valence-corrected chi connectivity index (χ3v) is 7.12. The molecule has 2 aliphatic rings. The average Bonchev–Trinajstić information content (AvgIpc) is 3.72. The fourth-order valence-corrected chi connectivity index (χ4v) is 4.82. The van der Waals surface area contributed by atoms with Crippen molar-refractivity contribution in [1.82, 2.24) is 24.8 Å². The second-order valence-electron chi connectivity index (χ2n) is 11.1. The fourth-order valence-electron chi connectivity index (χ4n) is 4.82. The lowest BCUT2D eigenvalue weighted by atomic mass is 9.91. The third-order valence-electron chi connectivity index (χ3n) is 7.12. The van der Waals surface area contributed by atoms with Gasteiger partial charge in [-0.2, -0.15) is 9.97 Å². The van der Waals surface area contributed by atoms with Crippen molar-refractivity contribution >= 4 is 34.6 Å². The second-order valence-corrected chi connectivity index (χ2v) is 11.1. The summed E-state index contributed by atoms with van der Waals surface area (Å²) in [6.07, 6.45) is 4.08. The molecule has 12 heteroatoms. The summed E-state index contributed by atoms with van der Waals surface area (Å²) in [5, 5.41) is 15.1. The van der Waals surface area contributed by atoms with Crippen molar-refractivity contribution in [1.29, 1.82) is 0 Å². The first-order valence-electron chi connectivity index (χ1n) is 13.1. The quantitative estimate of drug-likeness (QED) is 0.297. The van der Waals surface area contributed by atoms with Crippen LogP contribution in [0.4, 0.5) is 34.6 Å². The Labute approximate surface area is 228 Å². The van der Waals surface area contributed by atoms with E-state index in [-0.39, 0.29) is 28.7 Å². The molecule has 4 heterocycles. The minimum absolute atomic E-state index is 0.136. The molecule has 0 atom stereocenters. The van der Waals surface area contributed by atoms with Crippen molar-refractivity contribution in [2.24, 2.45) is 0 Å². The van der Waals surface area contributed by atoms with Gasteiger partial charge in [-0.15, -0.1) is 0 Å². The lowest BCUT2D eigenvalue weighted by Gasteiger charge is -2.22. The van der Waals surface area contributed by atoms with Gasteiger partial charge in [0, 0.05) is 56.0 Å². The zero-order valence-electron chi connectivity index (χ0n) is 23.3. The SMILES string of the molecule is COc1nc(N(C)CCN(C)C)c([N+](=O)[O-])cc1Nc1nccc(N2CC(C)(C)c3nc(C4CC4)ccc32)n1. The van der Waals surface area contributed by atoms with Gasteiger partial charge in [-0.1, -0.05) is 13.8 Å². The van der Waals surface area contributed by atoms with E-state index < -0.39 is 4.92 Å². The van der Waals surface area contributed by atoms with E-state index in [2.05, 4.69) is 46.2 Å². The highest BCUT2D eigenvalue weighted by Gasteiger charge is 2.39. The van der Waals surface area contributed by atoms with Gasteiger partial charge in [-0.3, -0.25) is 15.1 Å². The number of hydrogen-bond acceptors (Lipinski definition) is 11. The Balaban J connectivity index is 1.44. The summed E-state index contributed by atoms with van der Waals surface area (Å²) >= 11 is 0. The fraction of sp³-hybridized carbons (Fsp3) is 0.481. The van der Waals surface area contributed by atoms with Crippen LogP contribution in [0.3, 0.4) is 0 Å². The van der Waals surface area contributed by atoms with Crippen LogP contribution in [0.25, 0.3) is 0 Å². The Kier molecular flexibility index (Phi) is 6.98. The molecule has 5 rings (SSSR count). The largest absolute Gasteiger partial charge is 0.479 e. The normalized spacial score (nSPS) is 15.8. The van der Waals surface area contributed by atoms with E-state index in [1.165, 1.54) is 31.7 Å². The number of nitrogens with one attached hydrogen (secondary N) is 1. The van der Waals surface area contributed by atoms with Crippen molar-refractivity contribution in [3.63, 3.8) is 0 Å². The van der Waals surface area contributed by atoms with Crippen LogP contribution in [0, 0.1) is 10.1 Å². The minimum Gasteiger partial charge on any atom is -0.479 e. The molecule has 0 unspecified atom stereocenters. The topological polar surface area (TPSA) is 126 Å². The molecule has 12 nitrogen and oxygen atoms in total. The van der Waals surface area contributed by atoms with E-state index in [0.29, 0.717) is 30.5 Å². The van der Waals surface area contributed by atoms with E-state index >= 15 is 0 Å². The number of nitrogens with zero attached hydrogens (tertiary/aromatic N) is 8. The standard InChI is InChI=1S/C27H35N9O3/c1-27(2)16-35(20-10-9-18(17-7-8-17)29-23(20)27)22-11-12-28-26(31-22)30-19-15-21(36(37)38)24(32-25(19)39-6)34(5)14-13-33(3)4/h9-12,15,17H,7-8,13-14,16H2,1-6H3,(H,28,30,31). The van der Waals surface area contributed by atoms with E-state index in [9.17, 15) is 10.1 Å². The molecule has 0 amide bonds. The molecule has 206 valence electrons. The van der Waals surface area contributed by atoms with Crippen LogP contribution in [0.15, 0.2) is 30.5 Å². The van der Waals surface area contributed by atoms with Crippen molar-refractivity contribution in [3.05, 3.63) is 52.0 Å². The molecule has 0 saturated heterocycles. The van der Waals surface area contributed by atoms with Crippen LogP contribution in [0.5, 0.6) is 5.88 Å². The Bertz CT molecular complexity index is 1390. The highest BCUT2D eigenvalue weighted by molar-refractivity contribution is 5.73. The molecule has 0 spiro atoms. The number of aromatic nitrogens is 4. The van der Waals surface area contributed by atoms with Crippen LogP contribution >= 0.6 is 0 Å². The van der Waals surface area contributed by atoms with Gasteiger partial charge in [0.2, 0.25) is 17.6 Å². The number of nitro groups is 1. The predicted octanol–water partition coefficient (Wildman–Crippen LogP) is 4.23. The minimum atomic E-state index is -0.442. The molecule has 1 saturated carbocycles. The average molecular weight is 534 g/mol. The molecule has 3 aromatic heterocycles. The van der Waals surface area contributed by atoms with Gasteiger partial charge in [0.1, 0.15) is 11.5 Å². The van der Waals surface area contributed by atoms with Gasteiger partial charge in [0.15, 0.2) is 0 Å². The molecule has 0 aromatic carbocycles. The lowest BCUT2D eigenvalue weighted by Crippen LogP contribution is -2.29. The van der Waals surface area contributed by atoms with Crippen LogP contribution in [-0.4, -0.2) is 77.6 Å². The van der Waals surface area contributed by atoms with Crippen LogP contribution in [0.2, 0.25) is 0 Å². The molecule has 1 aliphatic heterocycles. The maximum atomic E-state index is 12.0. The van der Waals surface area contributed by atoms with Crippen LogP contribution in [0.1, 0.15) is 44.0 Å². The Morgan fingerprint density at radius 1 is 1.15 bits per heavy atom. The molecule has 39 heavy (non-hydrogen) atoms. The molecule has 0 radical (unpaired) electrons. The first-order chi connectivity index (χ1) is 18.6. The molecule has 0 bridgehead atoms. The van der Waals surface area contributed by atoms with Crippen molar-refractivity contribution in [3.8, 4) is 5.88 Å². The number of ether oxygens (including phenoxy) is 1. The van der Waals surface area contributed by atoms with E-state index in [4.69, 9.17) is 14.7 Å². The first-order valence-corrected chi connectivity index (χ1v) is 13.1. The maximum absolute atomic E-state index is 12.0. The Morgan fingerprint density at radius 3 is 2.59 bits per heavy atom. The predicted molar refractivity (Wildman–Crippen MR) is 151 cm³/mol. The lowest BCUT2D eigenvalue weighted by molar-refractivity contribution is -0.384. The summed E-state index contributed by atoms with van der Waals surface area (Å²) < 4.78 is 5.50. The van der Waals surface area contributed by atoms with Gasteiger partial charge in [-0.05, 0) is 45.1 Å². The van der Waals surface area contributed by atoms with Gasteiger partial charge < -0.3 is 24.8 Å². The van der Waals surface area contributed by atoms with Crippen LogP contribution < -0.4 is 19.9 Å². The summed E-state index contributed by atoms with van der Waals surface area (Å²) in [4.78, 5) is 36.0. The number of fused-ring (bicyclic) bond motifs is 1. The highest BCUT2D eigenvalue weighted by Crippen LogP contribution is 2.46. The summed E-state index contributed by atoms with van der Waals surface area (Å²) in [7, 11) is 7.14. The van der Waals surface area contributed by atoms with Crippen LogP contribution in [-0.2, 0) is 5.41 Å². The van der Waals surface area contributed by atoms with Gasteiger partial charge in [-0.25, -0.2) is 4.98 Å². The molecule has 1 aliphatic carbocycles. The van der Waals surface area contributed by atoms with Crippen molar-refractivity contribution < 1.29 is 9.66 Å². The highest BCUT2D eigenvalue weighted by atomic mass is 16.6. The Morgan fingerprint density at radius 2 is 1.92 bits per heavy atom. The van der Waals surface area contributed by atoms with Crippen molar-refractivity contribution in [2.45, 2.75) is 38.0 Å². The number of rotatable bonds is 10. The molecular weight excluding hydrogens is 498 g/mol. The number of likely N-dealkylation sites (N-methyl/N-ethyl adjacent to an activating group) is 2. The molecular formula is C27H35N9O3. The number of methoxy groups -OCH3 is 1. The maximum Gasteiger partial charge on any atom is 0.313 e. The monoisotopic (exact) mass is 533 g/mol. The summed E-state index contributed by atoms with van der Waals surface area (Å²) in [5.74, 6) is 2.02. The molecule has 1 N–H and O–H groups in total. The first kappa shape index (κ1) is 26.5. The molecule has 3 aromatic rings. The van der Waals surface area contributed by atoms with Gasteiger partial charge >= 0.3 is 5.69 Å². The zero-order chi connectivity index (χ0) is 27.9. The zero-order valence-corrected chi connectivity index (χ0v) is 23.3. The number of pyridine rings is 2. The smallest absolute Gasteiger partial charge is 0.313 e. The Hall–Kier alpha value is -4.06. The van der Waals surface area contributed by atoms with Crippen molar-refractivity contribution in [2.75, 3.05) is 63.0 Å². The summed E-state index contributed by atoms with van der Waals surface area (Å²) in [6, 6.07) is 7.53. The summed E-state index contributed by atoms with van der Waals surface area (Å²) in [6.45, 7) is 6.40. The molecule has 1 fully saturated rings. The number of hydrogen-bond donors (Lipinski definition) is 1. The summed E-state index contributed by atoms with van der Waals surface area (Å²) in [5.41, 5.74) is 3.32. The third kappa shape index (κ3) is 5.42. The van der Waals surface area contributed by atoms with E-state index in [1.807, 2.05) is 25.1 Å². The van der Waals surface area contributed by atoms with E-state index in [0.717, 1.165) is 17.9 Å². The van der Waals surface area contributed by atoms with E-state index in [1.54, 1.807) is 18.1 Å². The second kappa shape index (κ2) is 10.3. The number of anilines is 5. The van der Waals surface area contributed by atoms with Gasteiger partial charge in [0.25, 0.3) is 0 Å².